The number of rotatable bonds is 4. The smallest absolute Gasteiger partial charge is 0.325 e. The Labute approximate surface area is 111 Å². The van der Waals surface area contributed by atoms with Gasteiger partial charge in [0.05, 0.1) is 12.6 Å². The lowest BCUT2D eigenvalue weighted by Crippen LogP contribution is -2.43. The summed E-state index contributed by atoms with van der Waals surface area (Å²) in [4.78, 5) is 35.1. The maximum atomic E-state index is 11.7. The Morgan fingerprint density at radius 2 is 2.11 bits per heavy atom. The zero-order valence-corrected chi connectivity index (χ0v) is 10.7. The summed E-state index contributed by atoms with van der Waals surface area (Å²) < 4.78 is 0. The van der Waals surface area contributed by atoms with E-state index in [9.17, 15) is 19.5 Å². The molecule has 2 unspecified atom stereocenters. The molecular weight excluding hydrogens is 250 g/mol. The topological polar surface area (TPSA) is 98.7 Å². The highest BCUT2D eigenvalue weighted by atomic mass is 16.3. The largest absolute Gasteiger partial charge is 0.393 e. The van der Waals surface area contributed by atoms with Gasteiger partial charge in [-0.05, 0) is 12.8 Å². The van der Waals surface area contributed by atoms with Gasteiger partial charge in [-0.25, -0.2) is 4.79 Å². The van der Waals surface area contributed by atoms with Crippen LogP contribution in [0.1, 0.15) is 25.7 Å². The fourth-order valence-corrected chi connectivity index (χ4v) is 2.49. The van der Waals surface area contributed by atoms with Gasteiger partial charge in [0.2, 0.25) is 5.91 Å². The van der Waals surface area contributed by atoms with Crippen molar-refractivity contribution in [2.24, 2.45) is 5.92 Å². The van der Waals surface area contributed by atoms with Crippen LogP contribution < -0.4 is 10.6 Å². The molecule has 2 aliphatic rings. The van der Waals surface area contributed by atoms with Gasteiger partial charge < -0.3 is 15.7 Å². The lowest BCUT2D eigenvalue weighted by atomic mass is 9.86. The van der Waals surface area contributed by atoms with E-state index in [1.54, 1.807) is 0 Å². The second kappa shape index (κ2) is 6.01. The van der Waals surface area contributed by atoms with Crippen molar-refractivity contribution in [1.29, 1.82) is 0 Å². The minimum absolute atomic E-state index is 0.0482. The summed E-state index contributed by atoms with van der Waals surface area (Å²) in [5.41, 5.74) is 0. The second-order valence-electron chi connectivity index (χ2n) is 5.05. The van der Waals surface area contributed by atoms with Crippen LogP contribution in [0.4, 0.5) is 4.79 Å². The van der Waals surface area contributed by atoms with Gasteiger partial charge in [-0.15, -0.1) is 0 Å². The van der Waals surface area contributed by atoms with Gasteiger partial charge in [-0.2, -0.15) is 0 Å². The number of carbonyl (C=O) groups is 3. The molecule has 1 heterocycles. The first kappa shape index (κ1) is 13.8. The van der Waals surface area contributed by atoms with Crippen LogP contribution in [0.5, 0.6) is 0 Å². The molecule has 2 atom stereocenters. The highest BCUT2D eigenvalue weighted by molar-refractivity contribution is 6.04. The molecule has 0 aromatic rings. The summed E-state index contributed by atoms with van der Waals surface area (Å²) in [6, 6.07) is -0.530. The molecule has 7 nitrogen and oxygen atoms in total. The van der Waals surface area contributed by atoms with Crippen LogP contribution in [-0.2, 0) is 9.59 Å². The van der Waals surface area contributed by atoms with E-state index in [-0.39, 0.29) is 31.0 Å². The summed E-state index contributed by atoms with van der Waals surface area (Å²) in [7, 11) is 0. The van der Waals surface area contributed by atoms with Crippen LogP contribution in [0.3, 0.4) is 0 Å². The highest BCUT2D eigenvalue weighted by Crippen LogP contribution is 2.23. The fourth-order valence-electron chi connectivity index (χ4n) is 2.49. The van der Waals surface area contributed by atoms with E-state index in [1.807, 2.05) is 0 Å². The Bertz CT molecular complexity index is 369. The van der Waals surface area contributed by atoms with Crippen LogP contribution in [0, 0.1) is 5.92 Å². The minimum atomic E-state index is -0.530. The molecular formula is C12H19N3O4. The number of aliphatic hydroxyl groups excluding tert-OH is 1. The summed E-state index contributed by atoms with van der Waals surface area (Å²) in [6.07, 6.45) is 3.38. The summed E-state index contributed by atoms with van der Waals surface area (Å²) in [6.45, 7) is 0.0879. The Morgan fingerprint density at radius 3 is 2.74 bits per heavy atom. The van der Waals surface area contributed by atoms with E-state index in [0.717, 1.165) is 30.6 Å². The molecule has 3 N–H and O–H groups in total. The Morgan fingerprint density at radius 1 is 1.37 bits per heavy atom. The number of hydrogen-bond acceptors (Lipinski definition) is 4. The molecule has 2 rings (SSSR count). The van der Waals surface area contributed by atoms with Gasteiger partial charge in [-0.1, -0.05) is 12.8 Å². The summed E-state index contributed by atoms with van der Waals surface area (Å²) in [5.74, 6) is -0.693. The molecule has 1 aliphatic heterocycles. The number of aliphatic hydroxyl groups is 1. The van der Waals surface area contributed by atoms with Crippen molar-refractivity contribution in [3.63, 3.8) is 0 Å². The number of hydrogen-bond donors (Lipinski definition) is 3. The lowest BCUT2D eigenvalue weighted by molar-refractivity contribution is -0.130. The maximum absolute atomic E-state index is 11.7. The normalized spacial score (nSPS) is 27.3. The van der Waals surface area contributed by atoms with E-state index in [2.05, 4.69) is 10.6 Å². The van der Waals surface area contributed by atoms with E-state index in [1.165, 1.54) is 0 Å². The van der Waals surface area contributed by atoms with Crippen LogP contribution in [0.25, 0.3) is 0 Å². The van der Waals surface area contributed by atoms with E-state index in [0.29, 0.717) is 6.54 Å². The molecule has 4 amide bonds. The molecule has 2 fully saturated rings. The van der Waals surface area contributed by atoms with Crippen molar-refractivity contribution in [1.82, 2.24) is 15.5 Å². The molecule has 0 spiro atoms. The van der Waals surface area contributed by atoms with Gasteiger partial charge in [0.15, 0.2) is 0 Å². The molecule has 1 saturated heterocycles. The Balaban J connectivity index is 1.75. The zero-order valence-electron chi connectivity index (χ0n) is 10.7. The van der Waals surface area contributed by atoms with Crippen molar-refractivity contribution in [3.8, 4) is 0 Å². The van der Waals surface area contributed by atoms with Gasteiger partial charge in [0.1, 0.15) is 6.54 Å². The maximum Gasteiger partial charge on any atom is 0.325 e. The third kappa shape index (κ3) is 3.44. The first-order valence-electron chi connectivity index (χ1n) is 6.61. The van der Waals surface area contributed by atoms with Crippen molar-refractivity contribution in [3.05, 3.63) is 0 Å². The number of nitrogens with one attached hydrogen (secondary N) is 2. The number of urea groups is 1. The zero-order chi connectivity index (χ0) is 13.8. The number of carbonyl (C=O) groups excluding carboxylic acids is 3. The minimum Gasteiger partial charge on any atom is -0.393 e. The quantitative estimate of drug-likeness (QED) is 0.582. The Kier molecular flexibility index (Phi) is 4.36. The van der Waals surface area contributed by atoms with E-state index >= 15 is 0 Å². The number of imide groups is 1. The molecule has 0 bridgehead atoms. The first-order valence-corrected chi connectivity index (χ1v) is 6.61. The Hall–Kier alpha value is -1.63. The average Bonchev–Trinajstić information content (AvgIpc) is 2.70. The molecule has 106 valence electrons. The monoisotopic (exact) mass is 269 g/mol. The predicted octanol–water partition coefficient (Wildman–Crippen LogP) is -0.794. The third-order valence-corrected chi connectivity index (χ3v) is 3.67. The van der Waals surface area contributed by atoms with Crippen LogP contribution in [-0.4, -0.2) is 53.6 Å². The number of amides is 4. The third-order valence-electron chi connectivity index (χ3n) is 3.67. The fraction of sp³-hybridized carbons (Fsp3) is 0.750. The molecule has 0 aromatic carbocycles. The van der Waals surface area contributed by atoms with Crippen molar-refractivity contribution < 1.29 is 19.5 Å². The molecule has 0 aromatic heterocycles. The van der Waals surface area contributed by atoms with Gasteiger partial charge in [0.25, 0.3) is 5.91 Å². The van der Waals surface area contributed by atoms with Crippen LogP contribution >= 0.6 is 0 Å². The van der Waals surface area contributed by atoms with E-state index < -0.39 is 11.9 Å². The van der Waals surface area contributed by atoms with Crippen molar-refractivity contribution in [2.45, 2.75) is 31.8 Å². The molecule has 19 heavy (non-hydrogen) atoms. The standard InChI is InChI=1S/C12H19N3O4/c16-9-4-2-1-3-8(9)5-13-10(17)7-15-11(18)6-14-12(15)19/h8-9,16H,1-7H2,(H,13,17)(H,14,19). The lowest BCUT2D eigenvalue weighted by Gasteiger charge is -2.27. The SMILES string of the molecule is O=C(CN1C(=O)CNC1=O)NCC1CCCCC1O. The highest BCUT2D eigenvalue weighted by Gasteiger charge is 2.30. The second-order valence-corrected chi connectivity index (χ2v) is 5.05. The van der Waals surface area contributed by atoms with Gasteiger partial charge >= 0.3 is 6.03 Å². The van der Waals surface area contributed by atoms with Crippen LogP contribution in [0.15, 0.2) is 0 Å². The molecule has 1 aliphatic carbocycles. The predicted molar refractivity (Wildman–Crippen MR) is 66.1 cm³/mol. The van der Waals surface area contributed by atoms with Gasteiger partial charge in [0, 0.05) is 12.5 Å². The number of nitrogens with zero attached hydrogens (tertiary/aromatic N) is 1. The molecule has 7 heteroatoms. The van der Waals surface area contributed by atoms with E-state index in [4.69, 9.17) is 0 Å². The van der Waals surface area contributed by atoms with Crippen molar-refractivity contribution in [2.75, 3.05) is 19.6 Å². The molecule has 1 saturated carbocycles. The first-order chi connectivity index (χ1) is 9.08. The molecule has 0 radical (unpaired) electrons. The summed E-state index contributed by atoms with van der Waals surface area (Å²) >= 11 is 0. The summed E-state index contributed by atoms with van der Waals surface area (Å²) in [5, 5.41) is 14.8. The van der Waals surface area contributed by atoms with Crippen molar-refractivity contribution >= 4 is 17.8 Å². The van der Waals surface area contributed by atoms with Gasteiger partial charge in [-0.3, -0.25) is 14.5 Å². The average molecular weight is 269 g/mol. The van der Waals surface area contributed by atoms with Crippen LogP contribution in [0.2, 0.25) is 0 Å².